The van der Waals surface area contributed by atoms with E-state index < -0.39 is 29.3 Å². The molecule has 0 aromatic carbocycles. The summed E-state index contributed by atoms with van der Waals surface area (Å²) in [6.45, 7) is 4.97. The highest BCUT2D eigenvalue weighted by Gasteiger charge is 2.33. The van der Waals surface area contributed by atoms with Crippen molar-refractivity contribution >= 4 is 11.0 Å². The third kappa shape index (κ3) is 5.94. The van der Waals surface area contributed by atoms with E-state index in [1.807, 2.05) is 6.92 Å². The molecule has 1 heterocycles. The number of aliphatic hydroxyl groups excluding tert-OH is 3. The van der Waals surface area contributed by atoms with Crippen LogP contribution in [0.15, 0.2) is 0 Å². The first-order valence-corrected chi connectivity index (χ1v) is 9.46. The molecule has 0 aromatic heterocycles. The fraction of sp³-hybridized carbons (Fsp3) is 1.00. The van der Waals surface area contributed by atoms with Crippen molar-refractivity contribution in [3.63, 3.8) is 0 Å². The Morgan fingerprint density at radius 2 is 1.86 bits per heavy atom. The molecule has 1 rings (SSSR count). The second kappa shape index (κ2) is 9.90. The van der Waals surface area contributed by atoms with Gasteiger partial charge in [0.1, 0.15) is 6.10 Å². The number of aliphatic hydroxyl groups is 3. The van der Waals surface area contributed by atoms with Crippen molar-refractivity contribution in [2.45, 2.75) is 70.7 Å². The molecule has 6 heteroatoms. The van der Waals surface area contributed by atoms with Crippen LogP contribution in [0.4, 0.5) is 0 Å². The summed E-state index contributed by atoms with van der Waals surface area (Å²) in [5.74, 6) is 0.630. The molecule has 5 nitrogen and oxygen atoms in total. The number of hydrogen-bond acceptors (Lipinski definition) is 4. The minimum Gasteiger partial charge on any atom is -0.390 e. The van der Waals surface area contributed by atoms with E-state index in [-0.39, 0.29) is 12.5 Å². The van der Waals surface area contributed by atoms with E-state index in [0.717, 1.165) is 38.5 Å². The molecule has 0 aliphatic carbocycles. The lowest BCUT2D eigenvalue weighted by Gasteiger charge is -2.30. The van der Waals surface area contributed by atoms with Gasteiger partial charge in [-0.15, -0.1) is 0 Å². The van der Waals surface area contributed by atoms with Crippen LogP contribution in [-0.4, -0.2) is 61.0 Å². The van der Waals surface area contributed by atoms with Crippen molar-refractivity contribution in [1.82, 2.24) is 4.31 Å². The SMILES string of the molecule is CCCCCC(CC)C(O)C(O)C(O)CN1CCCS1=O. The van der Waals surface area contributed by atoms with E-state index in [2.05, 4.69) is 6.92 Å². The summed E-state index contributed by atoms with van der Waals surface area (Å²) in [5.41, 5.74) is 0. The molecule has 0 aromatic rings. The van der Waals surface area contributed by atoms with Gasteiger partial charge in [0, 0.05) is 18.8 Å². The standard InChI is InChI=1S/C15H31NO4S/c1-3-5-6-8-12(4-2)14(18)15(19)13(17)11-16-9-7-10-21(16)20/h12-15,17-19H,3-11H2,1-2H3. The first-order valence-electron chi connectivity index (χ1n) is 8.18. The minimum atomic E-state index is -1.17. The highest BCUT2D eigenvalue weighted by molar-refractivity contribution is 7.82. The van der Waals surface area contributed by atoms with Crippen molar-refractivity contribution < 1.29 is 19.5 Å². The third-order valence-electron chi connectivity index (χ3n) is 4.34. The molecule has 21 heavy (non-hydrogen) atoms. The summed E-state index contributed by atoms with van der Waals surface area (Å²) in [5, 5.41) is 30.5. The van der Waals surface area contributed by atoms with Crippen molar-refractivity contribution in [3.05, 3.63) is 0 Å². The number of hydrogen-bond donors (Lipinski definition) is 3. The number of rotatable bonds is 10. The number of nitrogens with zero attached hydrogens (tertiary/aromatic N) is 1. The summed E-state index contributed by atoms with van der Waals surface area (Å²) < 4.78 is 13.3. The molecule has 1 aliphatic heterocycles. The highest BCUT2D eigenvalue weighted by atomic mass is 32.2. The minimum absolute atomic E-state index is 0.00488. The van der Waals surface area contributed by atoms with Gasteiger partial charge in [0.15, 0.2) is 0 Å². The van der Waals surface area contributed by atoms with Gasteiger partial charge in [-0.2, -0.15) is 0 Å². The van der Waals surface area contributed by atoms with Gasteiger partial charge in [0.25, 0.3) is 0 Å². The molecular weight excluding hydrogens is 290 g/mol. The van der Waals surface area contributed by atoms with E-state index in [1.54, 1.807) is 4.31 Å². The van der Waals surface area contributed by atoms with Gasteiger partial charge in [0.05, 0.1) is 23.2 Å². The van der Waals surface area contributed by atoms with Crippen molar-refractivity contribution in [2.24, 2.45) is 5.92 Å². The Bertz CT molecular complexity index is 316. The maximum atomic E-state index is 11.6. The Labute approximate surface area is 130 Å². The average Bonchev–Trinajstić information content (AvgIpc) is 2.87. The Balaban J connectivity index is 2.45. The summed E-state index contributed by atoms with van der Waals surface area (Å²) in [7, 11) is -1.05. The summed E-state index contributed by atoms with van der Waals surface area (Å²) >= 11 is 0. The largest absolute Gasteiger partial charge is 0.390 e. The normalized spacial score (nSPS) is 25.7. The first kappa shape index (κ1) is 19.0. The smallest absolute Gasteiger partial charge is 0.107 e. The van der Waals surface area contributed by atoms with Crippen molar-refractivity contribution in [3.8, 4) is 0 Å². The monoisotopic (exact) mass is 321 g/mol. The van der Waals surface area contributed by atoms with Crippen LogP contribution < -0.4 is 0 Å². The van der Waals surface area contributed by atoms with E-state index in [9.17, 15) is 19.5 Å². The van der Waals surface area contributed by atoms with Crippen LogP contribution in [-0.2, 0) is 11.0 Å². The Hall–Kier alpha value is -0.0100. The van der Waals surface area contributed by atoms with Crippen LogP contribution >= 0.6 is 0 Å². The van der Waals surface area contributed by atoms with E-state index in [4.69, 9.17) is 0 Å². The van der Waals surface area contributed by atoms with Crippen molar-refractivity contribution in [2.75, 3.05) is 18.8 Å². The van der Waals surface area contributed by atoms with Crippen LogP contribution in [0.1, 0.15) is 52.4 Å². The van der Waals surface area contributed by atoms with E-state index in [0.29, 0.717) is 12.3 Å². The third-order valence-corrected chi connectivity index (χ3v) is 5.88. The maximum Gasteiger partial charge on any atom is 0.107 e. The first-order chi connectivity index (χ1) is 10.0. The fourth-order valence-electron chi connectivity index (χ4n) is 2.87. The van der Waals surface area contributed by atoms with Gasteiger partial charge in [-0.1, -0.05) is 39.5 Å². The molecule has 5 unspecified atom stereocenters. The van der Waals surface area contributed by atoms with Crippen LogP contribution in [0, 0.1) is 5.92 Å². The average molecular weight is 321 g/mol. The molecule has 3 N–H and O–H groups in total. The van der Waals surface area contributed by atoms with Crippen LogP contribution in [0.5, 0.6) is 0 Å². The summed E-state index contributed by atoms with van der Waals surface area (Å²) in [4.78, 5) is 0. The lowest BCUT2D eigenvalue weighted by molar-refractivity contribution is -0.0857. The van der Waals surface area contributed by atoms with Crippen molar-refractivity contribution in [1.29, 1.82) is 0 Å². The molecule has 5 atom stereocenters. The zero-order valence-electron chi connectivity index (χ0n) is 13.3. The van der Waals surface area contributed by atoms with Gasteiger partial charge >= 0.3 is 0 Å². The van der Waals surface area contributed by atoms with Gasteiger partial charge < -0.3 is 15.3 Å². The Morgan fingerprint density at radius 3 is 2.38 bits per heavy atom. The van der Waals surface area contributed by atoms with Gasteiger partial charge in [0.2, 0.25) is 0 Å². The Kier molecular flexibility index (Phi) is 8.97. The lowest BCUT2D eigenvalue weighted by Crippen LogP contribution is -2.46. The highest BCUT2D eigenvalue weighted by Crippen LogP contribution is 2.22. The summed E-state index contributed by atoms with van der Waals surface area (Å²) in [6, 6.07) is 0. The molecule has 0 amide bonds. The predicted molar refractivity (Wildman–Crippen MR) is 85.1 cm³/mol. The number of unbranched alkanes of at least 4 members (excludes halogenated alkanes) is 2. The molecule has 1 aliphatic rings. The second-order valence-electron chi connectivity index (χ2n) is 5.98. The molecular formula is C15H31NO4S. The zero-order chi connectivity index (χ0) is 15.8. The number of β-amino-alcohol motifs (C(OH)–C–C–N with tert-alkyl or cyclic N) is 1. The molecule has 1 saturated heterocycles. The second-order valence-corrected chi connectivity index (χ2v) is 7.55. The zero-order valence-corrected chi connectivity index (χ0v) is 14.1. The molecule has 1 fully saturated rings. The Morgan fingerprint density at radius 1 is 1.14 bits per heavy atom. The summed E-state index contributed by atoms with van der Waals surface area (Å²) in [6.07, 6.45) is 2.63. The molecule has 0 radical (unpaired) electrons. The van der Waals surface area contributed by atoms with E-state index in [1.165, 1.54) is 0 Å². The van der Waals surface area contributed by atoms with Gasteiger partial charge in [-0.3, -0.25) is 0 Å². The van der Waals surface area contributed by atoms with Gasteiger partial charge in [-0.05, 0) is 18.8 Å². The van der Waals surface area contributed by atoms with Crippen LogP contribution in [0.3, 0.4) is 0 Å². The maximum absolute atomic E-state index is 11.6. The quantitative estimate of drug-likeness (QED) is 0.525. The lowest BCUT2D eigenvalue weighted by atomic mass is 9.88. The predicted octanol–water partition coefficient (Wildman–Crippen LogP) is 1.05. The van der Waals surface area contributed by atoms with E-state index >= 15 is 0 Å². The van der Waals surface area contributed by atoms with Crippen LogP contribution in [0.25, 0.3) is 0 Å². The van der Waals surface area contributed by atoms with Gasteiger partial charge in [-0.25, -0.2) is 8.51 Å². The molecule has 126 valence electrons. The fourth-order valence-corrected chi connectivity index (χ4v) is 4.15. The molecule has 0 bridgehead atoms. The van der Waals surface area contributed by atoms with Crippen LogP contribution in [0.2, 0.25) is 0 Å². The molecule has 0 saturated carbocycles. The topological polar surface area (TPSA) is 81.0 Å². The molecule has 0 spiro atoms.